The number of guanidine groups is 1. The predicted octanol–water partition coefficient (Wildman–Crippen LogP) is 3.04. The lowest BCUT2D eigenvalue weighted by atomic mass is 10.1. The molecular weight excluding hydrogens is 419 g/mol. The van der Waals surface area contributed by atoms with Gasteiger partial charge in [-0.3, -0.25) is 4.79 Å². The fraction of sp³-hybridized carbons (Fsp3) is 0.647. The monoisotopic (exact) mass is 450 g/mol. The molecule has 138 valence electrons. The molecule has 1 aromatic heterocycles. The van der Waals surface area contributed by atoms with Gasteiger partial charge in [0.15, 0.2) is 5.96 Å². The average molecular weight is 450 g/mol. The molecule has 1 rings (SSSR count). The van der Waals surface area contributed by atoms with Crippen molar-refractivity contribution in [2.24, 2.45) is 4.99 Å². The van der Waals surface area contributed by atoms with E-state index < -0.39 is 0 Å². The third-order valence-electron chi connectivity index (χ3n) is 3.39. The Balaban J connectivity index is 0.00000529. The van der Waals surface area contributed by atoms with Gasteiger partial charge in [0, 0.05) is 12.6 Å². The van der Waals surface area contributed by atoms with E-state index in [1.54, 1.807) is 12.3 Å². The number of furan rings is 1. The van der Waals surface area contributed by atoms with Crippen LogP contribution in [0.15, 0.2) is 27.8 Å². The standard InChI is InChI=1S/C17H30N4O2.HI/c1-4-6-7-9-14(3)21-17(18-5-2)20-13-16(22)19-12-15-10-8-11-23-15;/h8,10-11,14H,4-7,9,12-13H2,1-3H3,(H,19,22)(H2,18,20,21);1H. The van der Waals surface area contributed by atoms with Crippen LogP contribution in [0.2, 0.25) is 0 Å². The third-order valence-corrected chi connectivity index (χ3v) is 3.39. The maximum Gasteiger partial charge on any atom is 0.242 e. The molecule has 24 heavy (non-hydrogen) atoms. The Morgan fingerprint density at radius 2 is 2.08 bits per heavy atom. The largest absolute Gasteiger partial charge is 0.467 e. The molecule has 0 saturated carbocycles. The second-order valence-electron chi connectivity index (χ2n) is 5.59. The molecule has 3 N–H and O–H groups in total. The summed E-state index contributed by atoms with van der Waals surface area (Å²) in [4.78, 5) is 16.2. The molecule has 1 amide bonds. The Morgan fingerprint density at radius 1 is 1.29 bits per heavy atom. The van der Waals surface area contributed by atoms with Crippen molar-refractivity contribution in [2.45, 2.75) is 59.0 Å². The molecule has 1 unspecified atom stereocenters. The predicted molar refractivity (Wildman–Crippen MR) is 109 cm³/mol. The summed E-state index contributed by atoms with van der Waals surface area (Å²) in [5.74, 6) is 1.29. The Kier molecular flexibility index (Phi) is 13.4. The van der Waals surface area contributed by atoms with Gasteiger partial charge in [0.2, 0.25) is 5.91 Å². The van der Waals surface area contributed by atoms with E-state index in [1.807, 2.05) is 13.0 Å². The van der Waals surface area contributed by atoms with E-state index in [9.17, 15) is 4.79 Å². The number of hydrogen-bond acceptors (Lipinski definition) is 3. The number of halogens is 1. The highest BCUT2D eigenvalue weighted by molar-refractivity contribution is 14.0. The van der Waals surface area contributed by atoms with Gasteiger partial charge in [0.1, 0.15) is 12.3 Å². The molecule has 1 atom stereocenters. The fourth-order valence-electron chi connectivity index (χ4n) is 2.13. The van der Waals surface area contributed by atoms with Crippen LogP contribution in [0.3, 0.4) is 0 Å². The summed E-state index contributed by atoms with van der Waals surface area (Å²) in [6, 6.07) is 3.96. The first kappa shape index (κ1) is 22.8. The van der Waals surface area contributed by atoms with Gasteiger partial charge in [-0.1, -0.05) is 26.2 Å². The van der Waals surface area contributed by atoms with E-state index in [2.05, 4.69) is 34.8 Å². The minimum Gasteiger partial charge on any atom is -0.467 e. The molecule has 0 aromatic carbocycles. The number of hydrogen-bond donors (Lipinski definition) is 3. The molecule has 0 aliphatic rings. The number of nitrogens with zero attached hydrogens (tertiary/aromatic N) is 1. The highest BCUT2D eigenvalue weighted by Crippen LogP contribution is 2.02. The van der Waals surface area contributed by atoms with Crippen molar-refractivity contribution in [1.82, 2.24) is 16.0 Å². The molecule has 7 heteroatoms. The van der Waals surface area contributed by atoms with E-state index in [0.29, 0.717) is 18.5 Å². The zero-order valence-corrected chi connectivity index (χ0v) is 17.3. The lowest BCUT2D eigenvalue weighted by Gasteiger charge is -2.17. The van der Waals surface area contributed by atoms with E-state index in [-0.39, 0.29) is 36.4 Å². The summed E-state index contributed by atoms with van der Waals surface area (Å²) < 4.78 is 5.17. The van der Waals surface area contributed by atoms with Crippen molar-refractivity contribution in [1.29, 1.82) is 0 Å². The van der Waals surface area contributed by atoms with Crippen molar-refractivity contribution >= 4 is 35.8 Å². The quantitative estimate of drug-likeness (QED) is 0.222. The summed E-state index contributed by atoms with van der Waals surface area (Å²) in [6.07, 6.45) is 6.36. The van der Waals surface area contributed by atoms with Crippen LogP contribution in [-0.2, 0) is 11.3 Å². The van der Waals surface area contributed by atoms with Crippen LogP contribution < -0.4 is 16.0 Å². The molecular formula is C17H31IN4O2. The second kappa shape index (κ2) is 14.1. The van der Waals surface area contributed by atoms with Gasteiger partial charge in [0.25, 0.3) is 0 Å². The summed E-state index contributed by atoms with van der Waals surface area (Å²) in [6.45, 7) is 7.60. The first-order valence-corrected chi connectivity index (χ1v) is 8.49. The number of carbonyl (C=O) groups excluding carboxylic acids is 1. The maximum atomic E-state index is 11.8. The van der Waals surface area contributed by atoms with Crippen molar-refractivity contribution < 1.29 is 9.21 Å². The zero-order valence-electron chi connectivity index (χ0n) is 14.9. The highest BCUT2D eigenvalue weighted by atomic mass is 127. The summed E-state index contributed by atoms with van der Waals surface area (Å²) in [7, 11) is 0. The third kappa shape index (κ3) is 10.5. The first-order valence-electron chi connectivity index (χ1n) is 8.49. The van der Waals surface area contributed by atoms with Crippen molar-refractivity contribution in [3.05, 3.63) is 24.2 Å². The van der Waals surface area contributed by atoms with Gasteiger partial charge >= 0.3 is 0 Å². The van der Waals surface area contributed by atoms with Gasteiger partial charge in [-0.25, -0.2) is 4.99 Å². The topological polar surface area (TPSA) is 78.7 Å². The molecule has 0 spiro atoms. The lowest BCUT2D eigenvalue weighted by molar-refractivity contribution is -0.119. The number of amides is 1. The van der Waals surface area contributed by atoms with Gasteiger partial charge in [0.05, 0.1) is 12.8 Å². The minimum absolute atomic E-state index is 0. The fourth-order valence-corrected chi connectivity index (χ4v) is 2.13. The maximum absolute atomic E-state index is 11.8. The Morgan fingerprint density at radius 3 is 2.71 bits per heavy atom. The molecule has 1 heterocycles. The van der Waals surface area contributed by atoms with E-state index in [4.69, 9.17) is 4.42 Å². The van der Waals surface area contributed by atoms with Crippen LogP contribution >= 0.6 is 24.0 Å². The number of aliphatic imine (C=N–C) groups is 1. The van der Waals surface area contributed by atoms with Crippen molar-refractivity contribution in [2.75, 3.05) is 13.1 Å². The molecule has 0 saturated heterocycles. The molecule has 0 aliphatic heterocycles. The number of rotatable bonds is 10. The van der Waals surface area contributed by atoms with Crippen LogP contribution in [0.25, 0.3) is 0 Å². The second-order valence-corrected chi connectivity index (χ2v) is 5.59. The van der Waals surface area contributed by atoms with E-state index in [1.165, 1.54) is 19.3 Å². The summed E-state index contributed by atoms with van der Waals surface area (Å²) in [5.41, 5.74) is 0. The lowest BCUT2D eigenvalue weighted by Crippen LogP contribution is -2.43. The van der Waals surface area contributed by atoms with Gasteiger partial charge in [-0.15, -0.1) is 24.0 Å². The van der Waals surface area contributed by atoms with Crippen LogP contribution in [0.1, 0.15) is 52.2 Å². The van der Waals surface area contributed by atoms with Crippen LogP contribution in [0.5, 0.6) is 0 Å². The zero-order chi connectivity index (χ0) is 16.9. The van der Waals surface area contributed by atoms with Crippen LogP contribution in [-0.4, -0.2) is 31.0 Å². The number of carbonyl (C=O) groups is 1. The highest BCUT2D eigenvalue weighted by Gasteiger charge is 2.06. The van der Waals surface area contributed by atoms with E-state index in [0.717, 1.165) is 18.7 Å². The Bertz CT molecular complexity index is 463. The Labute approximate surface area is 162 Å². The average Bonchev–Trinajstić information content (AvgIpc) is 3.04. The van der Waals surface area contributed by atoms with Crippen LogP contribution in [0.4, 0.5) is 0 Å². The molecule has 0 bridgehead atoms. The minimum atomic E-state index is -0.128. The first-order chi connectivity index (χ1) is 11.2. The number of unbranched alkanes of at least 4 members (excludes halogenated alkanes) is 2. The van der Waals surface area contributed by atoms with Gasteiger partial charge in [-0.2, -0.15) is 0 Å². The normalized spacial score (nSPS) is 12.2. The van der Waals surface area contributed by atoms with Gasteiger partial charge < -0.3 is 20.4 Å². The summed E-state index contributed by atoms with van der Waals surface area (Å²) >= 11 is 0. The molecule has 1 aromatic rings. The smallest absolute Gasteiger partial charge is 0.242 e. The summed E-state index contributed by atoms with van der Waals surface area (Å²) in [5, 5.41) is 9.29. The molecule has 0 fully saturated rings. The number of nitrogens with one attached hydrogen (secondary N) is 3. The van der Waals surface area contributed by atoms with Crippen molar-refractivity contribution in [3.63, 3.8) is 0 Å². The van der Waals surface area contributed by atoms with Crippen LogP contribution in [0, 0.1) is 0 Å². The van der Waals surface area contributed by atoms with E-state index >= 15 is 0 Å². The Hall–Kier alpha value is -1.25. The van der Waals surface area contributed by atoms with Crippen molar-refractivity contribution in [3.8, 4) is 0 Å². The molecule has 6 nitrogen and oxygen atoms in total. The molecule has 0 radical (unpaired) electrons. The molecule has 0 aliphatic carbocycles. The van der Waals surface area contributed by atoms with Gasteiger partial charge in [-0.05, 0) is 32.4 Å². The SMILES string of the molecule is CCCCCC(C)NC(=NCC(=O)NCc1ccco1)NCC.I.